The SMILES string of the molecule is CCOC(=O)Nc1nc2c(s1)CN(S(=O)(=O)c1cc([N+](=O)[O-])ccc1C)CC2. The van der Waals surface area contributed by atoms with Crippen LogP contribution in [0.5, 0.6) is 0 Å². The molecule has 3 rings (SSSR count). The highest BCUT2D eigenvalue weighted by molar-refractivity contribution is 7.89. The van der Waals surface area contributed by atoms with Gasteiger partial charge in [-0.1, -0.05) is 17.4 Å². The standard InChI is InChI=1S/C16H18N4O6S2/c1-3-26-16(21)18-15-17-12-6-7-19(9-13(12)27-15)28(24,25)14-8-11(20(22)23)5-4-10(14)2/h4-5,8H,3,6-7,9H2,1-2H3,(H,17,18,21). The molecule has 0 radical (unpaired) electrons. The Morgan fingerprint density at radius 2 is 2.21 bits per heavy atom. The summed E-state index contributed by atoms with van der Waals surface area (Å²) in [5, 5.41) is 13.9. The van der Waals surface area contributed by atoms with Crippen LogP contribution in [0.15, 0.2) is 23.1 Å². The van der Waals surface area contributed by atoms with Crippen molar-refractivity contribution in [2.75, 3.05) is 18.5 Å². The fourth-order valence-electron chi connectivity index (χ4n) is 2.80. The van der Waals surface area contributed by atoms with Crippen LogP contribution in [0.25, 0.3) is 0 Å². The lowest BCUT2D eigenvalue weighted by molar-refractivity contribution is -0.385. The highest BCUT2D eigenvalue weighted by atomic mass is 32.2. The number of benzene rings is 1. The summed E-state index contributed by atoms with van der Waals surface area (Å²) in [5.74, 6) is 0. The Kier molecular flexibility index (Phi) is 5.63. The van der Waals surface area contributed by atoms with Crippen molar-refractivity contribution in [3.05, 3.63) is 44.4 Å². The molecule has 10 nitrogen and oxygen atoms in total. The monoisotopic (exact) mass is 426 g/mol. The lowest BCUT2D eigenvalue weighted by Crippen LogP contribution is -2.35. The van der Waals surface area contributed by atoms with Crippen LogP contribution in [0.1, 0.15) is 23.1 Å². The molecule has 1 aliphatic heterocycles. The molecule has 0 fully saturated rings. The van der Waals surface area contributed by atoms with Crippen LogP contribution in [-0.4, -0.2) is 41.9 Å². The van der Waals surface area contributed by atoms with E-state index in [1.54, 1.807) is 13.8 Å². The average molecular weight is 426 g/mol. The number of rotatable bonds is 5. The number of aromatic nitrogens is 1. The molecule has 1 N–H and O–H groups in total. The Morgan fingerprint density at radius 1 is 1.46 bits per heavy atom. The van der Waals surface area contributed by atoms with Gasteiger partial charge in [0.15, 0.2) is 5.13 Å². The summed E-state index contributed by atoms with van der Waals surface area (Å²) in [6.45, 7) is 3.79. The molecule has 12 heteroatoms. The molecule has 2 heterocycles. The van der Waals surface area contributed by atoms with E-state index in [1.165, 1.54) is 27.8 Å². The van der Waals surface area contributed by atoms with E-state index >= 15 is 0 Å². The average Bonchev–Trinajstić information content (AvgIpc) is 3.03. The minimum atomic E-state index is -3.92. The predicted molar refractivity (Wildman–Crippen MR) is 102 cm³/mol. The van der Waals surface area contributed by atoms with Crippen molar-refractivity contribution in [2.24, 2.45) is 0 Å². The van der Waals surface area contributed by atoms with Gasteiger partial charge >= 0.3 is 6.09 Å². The third-order valence-corrected chi connectivity index (χ3v) is 7.17. The number of fused-ring (bicyclic) bond motifs is 1. The Labute approximate surface area is 165 Å². The maximum absolute atomic E-state index is 13.1. The number of nitro benzene ring substituents is 1. The van der Waals surface area contributed by atoms with Crippen molar-refractivity contribution in [3.8, 4) is 0 Å². The van der Waals surface area contributed by atoms with Gasteiger partial charge in [0.1, 0.15) is 0 Å². The maximum atomic E-state index is 13.1. The van der Waals surface area contributed by atoms with E-state index in [2.05, 4.69) is 10.3 Å². The van der Waals surface area contributed by atoms with Crippen LogP contribution in [0.2, 0.25) is 0 Å². The first-order chi connectivity index (χ1) is 13.2. The number of nitrogens with zero attached hydrogens (tertiary/aromatic N) is 3. The van der Waals surface area contributed by atoms with Gasteiger partial charge in [-0.05, 0) is 19.4 Å². The van der Waals surface area contributed by atoms with Gasteiger partial charge in [-0.2, -0.15) is 4.31 Å². The summed E-state index contributed by atoms with van der Waals surface area (Å²) in [5.41, 5.74) is 0.880. The van der Waals surface area contributed by atoms with Crippen molar-refractivity contribution in [1.29, 1.82) is 0 Å². The number of non-ortho nitro benzene ring substituents is 1. The molecule has 0 bridgehead atoms. The van der Waals surface area contributed by atoms with Crippen LogP contribution in [-0.2, 0) is 27.7 Å². The molecule has 0 saturated heterocycles. The molecule has 0 saturated carbocycles. The normalized spacial score (nSPS) is 14.4. The van der Waals surface area contributed by atoms with E-state index in [4.69, 9.17) is 4.74 Å². The number of nitro groups is 1. The van der Waals surface area contributed by atoms with Crippen molar-refractivity contribution < 1.29 is 22.9 Å². The number of hydrogen-bond acceptors (Lipinski definition) is 8. The molecule has 1 aliphatic rings. The summed E-state index contributed by atoms with van der Waals surface area (Å²) < 4.78 is 32.2. The number of amides is 1. The van der Waals surface area contributed by atoms with Crippen LogP contribution < -0.4 is 5.32 Å². The molecule has 0 unspecified atom stereocenters. The van der Waals surface area contributed by atoms with E-state index in [1.807, 2.05) is 0 Å². The lowest BCUT2D eigenvalue weighted by atomic mass is 10.2. The number of anilines is 1. The number of carbonyl (C=O) groups excluding carboxylic acids is 1. The van der Waals surface area contributed by atoms with E-state index in [0.29, 0.717) is 22.0 Å². The zero-order valence-corrected chi connectivity index (χ0v) is 16.8. The summed E-state index contributed by atoms with van der Waals surface area (Å²) in [4.78, 5) is 26.9. The van der Waals surface area contributed by atoms with Gasteiger partial charge in [0.2, 0.25) is 10.0 Å². The largest absolute Gasteiger partial charge is 0.450 e. The second kappa shape index (κ2) is 7.81. The van der Waals surface area contributed by atoms with Crippen LogP contribution in [0, 0.1) is 17.0 Å². The van der Waals surface area contributed by atoms with Crippen molar-refractivity contribution in [3.63, 3.8) is 0 Å². The summed E-state index contributed by atoms with van der Waals surface area (Å²) >= 11 is 1.18. The van der Waals surface area contributed by atoms with E-state index in [9.17, 15) is 23.3 Å². The zero-order chi connectivity index (χ0) is 20.5. The van der Waals surface area contributed by atoms with Crippen molar-refractivity contribution >= 4 is 38.3 Å². The molecule has 28 heavy (non-hydrogen) atoms. The number of thiazole rings is 1. The number of carbonyl (C=O) groups is 1. The molecule has 1 amide bonds. The summed E-state index contributed by atoms with van der Waals surface area (Å²) in [7, 11) is -3.92. The molecule has 0 aliphatic carbocycles. The second-order valence-corrected chi connectivity index (χ2v) is 9.02. The van der Waals surface area contributed by atoms with Gasteiger partial charge in [0, 0.05) is 30.0 Å². The highest BCUT2D eigenvalue weighted by Gasteiger charge is 2.32. The van der Waals surface area contributed by atoms with E-state index < -0.39 is 21.0 Å². The molecular weight excluding hydrogens is 408 g/mol. The number of ether oxygens (including phenoxy) is 1. The Balaban J connectivity index is 1.85. The van der Waals surface area contributed by atoms with Gasteiger partial charge in [0.05, 0.1) is 28.7 Å². The number of aryl methyl sites for hydroxylation is 1. The van der Waals surface area contributed by atoms with Gasteiger partial charge < -0.3 is 4.74 Å². The number of hydrogen-bond donors (Lipinski definition) is 1. The fourth-order valence-corrected chi connectivity index (χ4v) is 5.55. The Morgan fingerprint density at radius 3 is 2.89 bits per heavy atom. The quantitative estimate of drug-likeness (QED) is 0.574. The molecule has 2 aromatic rings. The molecular formula is C16H18N4O6S2. The third-order valence-electron chi connectivity index (χ3n) is 4.18. The minimum absolute atomic E-state index is 0.0838. The van der Waals surface area contributed by atoms with E-state index in [0.717, 1.165) is 11.8 Å². The van der Waals surface area contributed by atoms with Crippen LogP contribution >= 0.6 is 11.3 Å². The molecule has 0 spiro atoms. The van der Waals surface area contributed by atoms with Gasteiger partial charge in [-0.25, -0.2) is 18.2 Å². The van der Waals surface area contributed by atoms with Gasteiger partial charge in [-0.15, -0.1) is 0 Å². The van der Waals surface area contributed by atoms with E-state index in [-0.39, 0.29) is 30.3 Å². The predicted octanol–water partition coefficient (Wildman–Crippen LogP) is 2.68. The lowest BCUT2D eigenvalue weighted by Gasteiger charge is -2.25. The number of nitrogens with one attached hydrogen (secondary N) is 1. The van der Waals surface area contributed by atoms with Crippen molar-refractivity contribution in [2.45, 2.75) is 31.7 Å². The fraction of sp³-hybridized carbons (Fsp3) is 0.375. The molecule has 150 valence electrons. The smallest absolute Gasteiger partial charge is 0.413 e. The first-order valence-corrected chi connectivity index (χ1v) is 10.7. The summed E-state index contributed by atoms with van der Waals surface area (Å²) in [6, 6.07) is 3.79. The maximum Gasteiger partial charge on any atom is 0.413 e. The summed E-state index contributed by atoms with van der Waals surface area (Å²) in [6.07, 6.45) is -0.242. The Hall–Kier alpha value is -2.57. The molecule has 0 atom stereocenters. The highest BCUT2D eigenvalue weighted by Crippen LogP contribution is 2.32. The first kappa shape index (κ1) is 20.2. The topological polar surface area (TPSA) is 132 Å². The van der Waals surface area contributed by atoms with Crippen LogP contribution in [0.3, 0.4) is 0 Å². The zero-order valence-electron chi connectivity index (χ0n) is 15.2. The van der Waals surface area contributed by atoms with Crippen molar-refractivity contribution in [1.82, 2.24) is 9.29 Å². The van der Waals surface area contributed by atoms with Gasteiger partial charge in [-0.3, -0.25) is 15.4 Å². The number of sulfonamides is 1. The van der Waals surface area contributed by atoms with Crippen LogP contribution in [0.4, 0.5) is 15.6 Å². The second-order valence-electron chi connectivity index (χ2n) is 6.03. The molecule has 1 aromatic heterocycles. The minimum Gasteiger partial charge on any atom is -0.450 e. The first-order valence-electron chi connectivity index (χ1n) is 8.40. The van der Waals surface area contributed by atoms with Gasteiger partial charge in [0.25, 0.3) is 5.69 Å². The third kappa shape index (κ3) is 3.98. The molecule has 1 aromatic carbocycles. The Bertz CT molecular complexity index is 1030.